The van der Waals surface area contributed by atoms with Crippen LogP contribution >= 0.6 is 0 Å². The third-order valence-electron chi connectivity index (χ3n) is 2.26. The molecule has 0 aliphatic rings. The van der Waals surface area contributed by atoms with Crippen LogP contribution in [0.4, 0.5) is 4.39 Å². The number of carbonyl (C=O) groups is 1. The van der Waals surface area contributed by atoms with Crippen molar-refractivity contribution in [2.24, 2.45) is 0 Å². The zero-order valence-electron chi connectivity index (χ0n) is 8.77. The van der Waals surface area contributed by atoms with E-state index in [1.54, 1.807) is 18.5 Å². The summed E-state index contributed by atoms with van der Waals surface area (Å²) in [6, 6.07) is 6.14. The van der Waals surface area contributed by atoms with Crippen LogP contribution in [0.1, 0.15) is 15.9 Å². The molecule has 80 valence electrons. The third-order valence-corrected chi connectivity index (χ3v) is 2.26. The minimum atomic E-state index is -0.416. The molecule has 0 N–H and O–H groups in total. The monoisotopic (exact) mass is 215 g/mol. The highest BCUT2D eigenvalue weighted by Gasteiger charge is 2.03. The Morgan fingerprint density at radius 3 is 2.62 bits per heavy atom. The fourth-order valence-electron chi connectivity index (χ4n) is 1.56. The number of aldehydes is 1. The van der Waals surface area contributed by atoms with Gasteiger partial charge in [-0.2, -0.15) is 0 Å². The number of rotatable bonds is 2. The van der Waals surface area contributed by atoms with Gasteiger partial charge in [0.25, 0.3) is 0 Å². The molecule has 0 aliphatic carbocycles. The molecule has 3 heteroatoms. The Bertz CT molecular complexity index is 537. The number of carbonyl (C=O) groups excluding carboxylic acids is 1. The zero-order chi connectivity index (χ0) is 11.5. The molecule has 0 aliphatic heterocycles. The molecule has 2 rings (SSSR count). The molecule has 0 radical (unpaired) electrons. The summed E-state index contributed by atoms with van der Waals surface area (Å²) < 4.78 is 13.2. The van der Waals surface area contributed by atoms with Gasteiger partial charge in [0, 0.05) is 23.5 Å². The maximum atomic E-state index is 13.2. The van der Waals surface area contributed by atoms with Crippen LogP contribution in [-0.4, -0.2) is 11.3 Å². The second-order valence-corrected chi connectivity index (χ2v) is 3.64. The van der Waals surface area contributed by atoms with Crippen LogP contribution in [0.25, 0.3) is 11.1 Å². The van der Waals surface area contributed by atoms with Gasteiger partial charge in [-0.15, -0.1) is 0 Å². The Labute approximate surface area is 92.8 Å². The Morgan fingerprint density at radius 2 is 1.94 bits per heavy atom. The van der Waals surface area contributed by atoms with Crippen molar-refractivity contribution >= 4 is 6.29 Å². The number of aryl methyl sites for hydroxylation is 1. The highest BCUT2D eigenvalue weighted by molar-refractivity contribution is 5.78. The Kier molecular flexibility index (Phi) is 2.77. The van der Waals surface area contributed by atoms with E-state index in [1.165, 1.54) is 12.1 Å². The van der Waals surface area contributed by atoms with Crippen LogP contribution in [-0.2, 0) is 0 Å². The number of halogens is 1. The van der Waals surface area contributed by atoms with Gasteiger partial charge in [-0.1, -0.05) is 0 Å². The highest BCUT2D eigenvalue weighted by Crippen LogP contribution is 2.21. The molecule has 1 aromatic carbocycles. The second kappa shape index (κ2) is 4.23. The molecule has 16 heavy (non-hydrogen) atoms. The quantitative estimate of drug-likeness (QED) is 0.721. The van der Waals surface area contributed by atoms with E-state index < -0.39 is 5.82 Å². The second-order valence-electron chi connectivity index (χ2n) is 3.64. The lowest BCUT2D eigenvalue weighted by atomic mass is 10.0. The van der Waals surface area contributed by atoms with E-state index in [9.17, 15) is 9.18 Å². The number of pyridine rings is 1. The third kappa shape index (κ3) is 2.14. The lowest BCUT2D eigenvalue weighted by Gasteiger charge is -2.03. The largest absolute Gasteiger partial charge is 0.298 e. The van der Waals surface area contributed by atoms with Crippen molar-refractivity contribution in [3.05, 3.63) is 53.6 Å². The van der Waals surface area contributed by atoms with Crippen LogP contribution in [0.3, 0.4) is 0 Å². The van der Waals surface area contributed by atoms with Crippen LogP contribution in [0.5, 0.6) is 0 Å². The van der Waals surface area contributed by atoms with Crippen molar-refractivity contribution in [1.29, 1.82) is 0 Å². The number of hydrogen-bond acceptors (Lipinski definition) is 2. The molecule has 2 aromatic rings. The summed E-state index contributed by atoms with van der Waals surface area (Å²) in [5.74, 6) is -0.416. The number of benzene rings is 1. The van der Waals surface area contributed by atoms with Gasteiger partial charge < -0.3 is 0 Å². The first kappa shape index (κ1) is 10.5. The first-order valence-corrected chi connectivity index (χ1v) is 4.87. The number of aromatic nitrogens is 1. The summed E-state index contributed by atoms with van der Waals surface area (Å²) in [6.07, 6.45) is 4.01. The topological polar surface area (TPSA) is 30.0 Å². The van der Waals surface area contributed by atoms with Gasteiger partial charge in [-0.3, -0.25) is 9.78 Å². The van der Waals surface area contributed by atoms with Gasteiger partial charge in [-0.05, 0) is 42.3 Å². The van der Waals surface area contributed by atoms with Crippen molar-refractivity contribution < 1.29 is 9.18 Å². The Morgan fingerprint density at radius 1 is 1.12 bits per heavy atom. The molecule has 0 bridgehead atoms. The molecule has 1 heterocycles. The van der Waals surface area contributed by atoms with E-state index in [-0.39, 0.29) is 0 Å². The predicted octanol–water partition coefficient (Wildman–Crippen LogP) is 3.01. The molecule has 0 spiro atoms. The van der Waals surface area contributed by atoms with E-state index >= 15 is 0 Å². The van der Waals surface area contributed by atoms with Crippen molar-refractivity contribution in [2.45, 2.75) is 6.92 Å². The van der Waals surface area contributed by atoms with E-state index in [2.05, 4.69) is 4.98 Å². The minimum Gasteiger partial charge on any atom is -0.298 e. The molecular formula is C13H10FNO. The number of nitrogens with zero attached hydrogens (tertiary/aromatic N) is 1. The van der Waals surface area contributed by atoms with Gasteiger partial charge >= 0.3 is 0 Å². The molecule has 1 aromatic heterocycles. The smallest absolute Gasteiger partial charge is 0.150 e. The zero-order valence-corrected chi connectivity index (χ0v) is 8.77. The first-order valence-electron chi connectivity index (χ1n) is 4.87. The van der Waals surface area contributed by atoms with E-state index in [4.69, 9.17) is 0 Å². The van der Waals surface area contributed by atoms with Crippen LogP contribution in [0.2, 0.25) is 0 Å². The fourth-order valence-corrected chi connectivity index (χ4v) is 1.56. The van der Waals surface area contributed by atoms with Crippen molar-refractivity contribution in [3.8, 4) is 11.1 Å². The van der Waals surface area contributed by atoms with Crippen molar-refractivity contribution in [1.82, 2.24) is 4.98 Å². The molecule has 0 saturated heterocycles. The maximum Gasteiger partial charge on any atom is 0.150 e. The molecule has 0 saturated carbocycles. The van der Waals surface area contributed by atoms with Gasteiger partial charge in [0.1, 0.15) is 12.1 Å². The first-order chi connectivity index (χ1) is 7.69. The van der Waals surface area contributed by atoms with Gasteiger partial charge in [-0.25, -0.2) is 4.39 Å². The molecule has 0 fully saturated rings. The van der Waals surface area contributed by atoms with Crippen LogP contribution < -0.4 is 0 Å². The summed E-state index contributed by atoms with van der Waals surface area (Å²) in [6.45, 7) is 1.91. The average Bonchev–Trinajstić information content (AvgIpc) is 2.28. The number of hydrogen-bond donors (Lipinski definition) is 0. The Balaban J connectivity index is 2.55. The summed E-state index contributed by atoms with van der Waals surface area (Å²) in [5.41, 5.74) is 2.80. The van der Waals surface area contributed by atoms with E-state index in [0.717, 1.165) is 11.1 Å². The Hall–Kier alpha value is -2.03. The molecule has 0 unspecified atom stereocenters. The predicted molar refractivity (Wildman–Crippen MR) is 59.8 cm³/mol. The van der Waals surface area contributed by atoms with Crippen molar-refractivity contribution in [3.63, 3.8) is 0 Å². The highest BCUT2D eigenvalue weighted by atomic mass is 19.1. The standard InChI is InChI=1S/C13H10FNO/c1-9-2-12(7-15-6-9)11-3-10(8-16)4-13(14)5-11/h2-8H,1H3. The van der Waals surface area contributed by atoms with E-state index in [0.29, 0.717) is 17.4 Å². The summed E-state index contributed by atoms with van der Waals surface area (Å²) >= 11 is 0. The maximum absolute atomic E-state index is 13.2. The van der Waals surface area contributed by atoms with Crippen molar-refractivity contribution in [2.75, 3.05) is 0 Å². The minimum absolute atomic E-state index is 0.330. The lowest BCUT2D eigenvalue weighted by Crippen LogP contribution is -1.88. The normalized spacial score (nSPS) is 10.1. The molecular weight excluding hydrogens is 205 g/mol. The summed E-state index contributed by atoms with van der Waals surface area (Å²) in [5, 5.41) is 0. The summed E-state index contributed by atoms with van der Waals surface area (Å²) in [7, 11) is 0. The molecule has 0 atom stereocenters. The van der Waals surface area contributed by atoms with Gasteiger partial charge in [0.05, 0.1) is 0 Å². The SMILES string of the molecule is Cc1cncc(-c2cc(F)cc(C=O)c2)c1. The van der Waals surface area contributed by atoms with Crippen LogP contribution in [0, 0.1) is 12.7 Å². The fraction of sp³-hybridized carbons (Fsp3) is 0.0769. The van der Waals surface area contributed by atoms with Gasteiger partial charge in [0.2, 0.25) is 0 Å². The molecule has 0 amide bonds. The average molecular weight is 215 g/mol. The van der Waals surface area contributed by atoms with Crippen LogP contribution in [0.15, 0.2) is 36.7 Å². The lowest BCUT2D eigenvalue weighted by molar-refractivity contribution is 0.112. The summed E-state index contributed by atoms with van der Waals surface area (Å²) in [4.78, 5) is 14.7. The van der Waals surface area contributed by atoms with E-state index in [1.807, 2.05) is 13.0 Å². The molecule has 2 nitrogen and oxygen atoms in total. The van der Waals surface area contributed by atoms with Gasteiger partial charge in [0.15, 0.2) is 0 Å².